The van der Waals surface area contributed by atoms with Crippen LogP contribution in [0, 0.1) is 16.2 Å². The summed E-state index contributed by atoms with van der Waals surface area (Å²) in [6.45, 7) is 9.98. The molecule has 0 aliphatic heterocycles. The molecule has 2 rings (SSSR count). The van der Waals surface area contributed by atoms with Crippen LogP contribution in [0.2, 0.25) is 0 Å². The van der Waals surface area contributed by atoms with Crippen LogP contribution in [0.5, 0.6) is 0 Å². The maximum atomic E-state index is 10.4. The molecule has 1 unspecified atom stereocenters. The average Bonchev–Trinajstić information content (AvgIpc) is 2.93. The van der Waals surface area contributed by atoms with E-state index in [0.717, 1.165) is 19.4 Å². The Morgan fingerprint density at radius 2 is 1.77 bits per heavy atom. The minimum Gasteiger partial charge on any atom is -0.379 e. The number of aliphatic hydroxyl groups is 1. The molecule has 0 spiro atoms. The Morgan fingerprint density at radius 1 is 1.14 bits per heavy atom. The molecule has 0 heterocycles. The van der Waals surface area contributed by atoms with Crippen LogP contribution in [0.3, 0.4) is 0 Å². The van der Waals surface area contributed by atoms with Gasteiger partial charge in [0.15, 0.2) is 0 Å². The van der Waals surface area contributed by atoms with Crippen LogP contribution < -0.4 is 5.32 Å². The van der Waals surface area contributed by atoms with Gasteiger partial charge in [-0.2, -0.15) is 11.8 Å². The van der Waals surface area contributed by atoms with Gasteiger partial charge < -0.3 is 5.11 Å². The van der Waals surface area contributed by atoms with Gasteiger partial charge in [-0.15, -0.1) is 0 Å². The van der Waals surface area contributed by atoms with Gasteiger partial charge in [0.1, 0.15) is 6.23 Å². The zero-order chi connectivity index (χ0) is 16.3. The molecule has 3 heteroatoms. The van der Waals surface area contributed by atoms with Crippen LogP contribution in [0.15, 0.2) is 0 Å². The van der Waals surface area contributed by atoms with Crippen molar-refractivity contribution in [1.82, 2.24) is 5.32 Å². The predicted octanol–water partition coefficient (Wildman–Crippen LogP) is 4.81. The Balaban J connectivity index is 1.74. The van der Waals surface area contributed by atoms with Crippen molar-refractivity contribution in [2.45, 2.75) is 85.3 Å². The van der Waals surface area contributed by atoms with Gasteiger partial charge in [-0.05, 0) is 85.7 Å². The second kappa shape index (κ2) is 7.44. The molecule has 0 radical (unpaired) electrons. The molecule has 2 N–H and O–H groups in total. The lowest BCUT2D eigenvalue weighted by molar-refractivity contribution is 0.0707. The van der Waals surface area contributed by atoms with Crippen molar-refractivity contribution in [1.29, 1.82) is 0 Å². The number of hydrogen-bond acceptors (Lipinski definition) is 3. The summed E-state index contributed by atoms with van der Waals surface area (Å²) in [6.07, 6.45) is 9.94. The molecular weight excluding hydrogens is 290 g/mol. The quantitative estimate of drug-likeness (QED) is 0.470. The standard InChI is InChI=1S/C19H37NOS/c1-5-12-22-15-19-8-6-18(14-19,7-9-19)13-16(21)20-11-10-17(2,3)4/h16,20-21H,5-15H2,1-4H3. The molecule has 1 atom stereocenters. The molecule has 130 valence electrons. The van der Waals surface area contributed by atoms with Gasteiger partial charge in [0.25, 0.3) is 0 Å². The van der Waals surface area contributed by atoms with E-state index in [1.165, 1.54) is 50.0 Å². The minimum atomic E-state index is -0.306. The fourth-order valence-electron chi connectivity index (χ4n) is 4.46. The molecule has 0 aromatic heterocycles. The number of aliphatic hydroxyl groups excluding tert-OH is 1. The van der Waals surface area contributed by atoms with Crippen LogP contribution >= 0.6 is 11.8 Å². The van der Waals surface area contributed by atoms with E-state index in [-0.39, 0.29) is 6.23 Å². The Hall–Kier alpha value is 0.270. The van der Waals surface area contributed by atoms with Crippen molar-refractivity contribution in [2.75, 3.05) is 18.1 Å². The normalized spacial score (nSPS) is 32.6. The van der Waals surface area contributed by atoms with E-state index >= 15 is 0 Å². The zero-order valence-corrected chi connectivity index (χ0v) is 16.0. The first-order valence-corrected chi connectivity index (χ1v) is 10.4. The Bertz CT molecular complexity index is 342. The fourth-order valence-corrected chi connectivity index (χ4v) is 5.72. The molecule has 2 bridgehead atoms. The Kier molecular flexibility index (Phi) is 6.29. The largest absolute Gasteiger partial charge is 0.379 e. The van der Waals surface area contributed by atoms with Gasteiger partial charge in [0.05, 0.1) is 0 Å². The number of hydrogen-bond donors (Lipinski definition) is 2. The SMILES string of the molecule is CCCSCC12CCC(CC(O)NCCC(C)(C)C)(CC1)C2. The molecule has 0 saturated heterocycles. The molecule has 2 nitrogen and oxygen atoms in total. The highest BCUT2D eigenvalue weighted by Crippen LogP contribution is 2.64. The maximum absolute atomic E-state index is 10.4. The molecule has 2 saturated carbocycles. The zero-order valence-electron chi connectivity index (χ0n) is 15.2. The van der Waals surface area contributed by atoms with Crippen molar-refractivity contribution in [2.24, 2.45) is 16.2 Å². The summed E-state index contributed by atoms with van der Waals surface area (Å²) in [6, 6.07) is 0. The van der Waals surface area contributed by atoms with E-state index in [1.807, 2.05) is 0 Å². The van der Waals surface area contributed by atoms with Crippen molar-refractivity contribution < 1.29 is 5.11 Å². The van der Waals surface area contributed by atoms with Gasteiger partial charge in [0.2, 0.25) is 0 Å². The van der Waals surface area contributed by atoms with Crippen molar-refractivity contribution >= 4 is 11.8 Å². The molecule has 2 aliphatic carbocycles. The summed E-state index contributed by atoms with van der Waals surface area (Å²) < 4.78 is 0. The molecule has 0 amide bonds. The highest BCUT2D eigenvalue weighted by Gasteiger charge is 2.54. The first-order chi connectivity index (χ1) is 10.3. The molecular formula is C19H37NOS. The lowest BCUT2D eigenvalue weighted by Gasteiger charge is -2.30. The third-order valence-electron chi connectivity index (χ3n) is 5.76. The predicted molar refractivity (Wildman–Crippen MR) is 98.3 cm³/mol. The van der Waals surface area contributed by atoms with Crippen LogP contribution in [0.1, 0.15) is 79.1 Å². The van der Waals surface area contributed by atoms with Crippen LogP contribution in [-0.2, 0) is 0 Å². The number of fused-ring (bicyclic) bond motifs is 2. The van der Waals surface area contributed by atoms with Crippen LogP contribution in [0.25, 0.3) is 0 Å². The third-order valence-corrected chi connectivity index (χ3v) is 7.27. The van der Waals surface area contributed by atoms with Gasteiger partial charge in [-0.25, -0.2) is 0 Å². The van der Waals surface area contributed by atoms with E-state index in [1.54, 1.807) is 0 Å². The summed E-state index contributed by atoms with van der Waals surface area (Å²) in [5.74, 6) is 2.67. The van der Waals surface area contributed by atoms with E-state index in [2.05, 4.69) is 44.8 Å². The van der Waals surface area contributed by atoms with E-state index in [4.69, 9.17) is 0 Å². The Morgan fingerprint density at radius 3 is 2.36 bits per heavy atom. The molecule has 2 aliphatic rings. The van der Waals surface area contributed by atoms with Crippen molar-refractivity contribution in [3.05, 3.63) is 0 Å². The van der Waals surface area contributed by atoms with Gasteiger partial charge in [0, 0.05) is 0 Å². The van der Waals surface area contributed by atoms with Gasteiger partial charge in [-0.3, -0.25) is 5.32 Å². The molecule has 0 aromatic carbocycles. The average molecular weight is 328 g/mol. The molecule has 22 heavy (non-hydrogen) atoms. The first-order valence-electron chi connectivity index (χ1n) is 9.28. The number of rotatable bonds is 9. The smallest absolute Gasteiger partial charge is 0.105 e. The monoisotopic (exact) mass is 327 g/mol. The lowest BCUT2D eigenvalue weighted by atomic mass is 9.80. The lowest BCUT2D eigenvalue weighted by Crippen LogP contribution is -2.35. The Labute approximate surface area is 142 Å². The third kappa shape index (κ3) is 5.14. The van der Waals surface area contributed by atoms with Crippen LogP contribution in [-0.4, -0.2) is 29.4 Å². The number of thioether (sulfide) groups is 1. The summed E-state index contributed by atoms with van der Waals surface area (Å²) in [5, 5.41) is 13.8. The summed E-state index contributed by atoms with van der Waals surface area (Å²) in [4.78, 5) is 0. The van der Waals surface area contributed by atoms with E-state index in [0.29, 0.717) is 16.2 Å². The maximum Gasteiger partial charge on any atom is 0.105 e. The van der Waals surface area contributed by atoms with E-state index in [9.17, 15) is 5.11 Å². The summed E-state index contributed by atoms with van der Waals surface area (Å²) in [5.41, 5.74) is 1.41. The molecule has 0 aromatic rings. The van der Waals surface area contributed by atoms with E-state index < -0.39 is 0 Å². The van der Waals surface area contributed by atoms with Crippen LogP contribution in [0.4, 0.5) is 0 Å². The number of nitrogens with one attached hydrogen (secondary N) is 1. The summed E-state index contributed by atoms with van der Waals surface area (Å²) >= 11 is 2.16. The highest BCUT2D eigenvalue weighted by molar-refractivity contribution is 7.99. The minimum absolute atomic E-state index is 0.306. The van der Waals surface area contributed by atoms with Crippen molar-refractivity contribution in [3.63, 3.8) is 0 Å². The van der Waals surface area contributed by atoms with Gasteiger partial charge >= 0.3 is 0 Å². The summed E-state index contributed by atoms with van der Waals surface area (Å²) in [7, 11) is 0. The first kappa shape index (κ1) is 18.6. The fraction of sp³-hybridized carbons (Fsp3) is 1.00. The highest BCUT2D eigenvalue weighted by atomic mass is 32.2. The second-order valence-corrected chi connectivity index (χ2v) is 10.3. The van der Waals surface area contributed by atoms with Gasteiger partial charge in [-0.1, -0.05) is 27.7 Å². The molecule has 2 fully saturated rings. The second-order valence-electron chi connectivity index (χ2n) is 9.21. The topological polar surface area (TPSA) is 32.3 Å². The van der Waals surface area contributed by atoms with Crippen molar-refractivity contribution in [3.8, 4) is 0 Å².